The highest BCUT2D eigenvalue weighted by Gasteiger charge is 2.50. The number of aliphatic hydroxyl groups is 1. The number of carbonyl (C=O) groups excluding carboxylic acids is 2. The van der Waals surface area contributed by atoms with Crippen LogP contribution in [0.1, 0.15) is 22.3 Å². The summed E-state index contributed by atoms with van der Waals surface area (Å²) in [6.45, 7) is 3.94. The van der Waals surface area contributed by atoms with E-state index in [1.54, 1.807) is 36.4 Å². The molecule has 5 nitrogen and oxygen atoms in total. The summed E-state index contributed by atoms with van der Waals surface area (Å²) in [5.74, 6) is -0.811. The number of amides is 1. The summed E-state index contributed by atoms with van der Waals surface area (Å²) in [5.41, 5.74) is 0.486. The van der Waals surface area contributed by atoms with Gasteiger partial charge in [0.2, 0.25) is 0 Å². The van der Waals surface area contributed by atoms with Gasteiger partial charge >= 0.3 is 0 Å². The molecule has 1 unspecified atom stereocenters. The van der Waals surface area contributed by atoms with Gasteiger partial charge in [-0.25, -0.2) is 0 Å². The topological polar surface area (TPSA) is 62.5 Å². The predicted octanol–water partition coefficient (Wildman–Crippen LogP) is 4.23. The van der Waals surface area contributed by atoms with Crippen molar-refractivity contribution in [2.45, 2.75) is 12.0 Å². The smallest absolute Gasteiger partial charge is 0.264 e. The molecular formula is C23H19BrN2O3. The number of benzene rings is 2. The van der Waals surface area contributed by atoms with Gasteiger partial charge in [-0.3, -0.25) is 9.59 Å². The molecule has 1 amide bonds. The van der Waals surface area contributed by atoms with Gasteiger partial charge in [-0.2, -0.15) is 0 Å². The van der Waals surface area contributed by atoms with E-state index >= 15 is 0 Å². The molecule has 1 aliphatic rings. The second-order valence-corrected chi connectivity index (χ2v) is 7.88. The van der Waals surface area contributed by atoms with Crippen LogP contribution in [0.15, 0.2) is 84.1 Å². The molecule has 1 N–H and O–H groups in total. The SMILES string of the molecule is C=CCN1C(=O)C(O)(CC(=O)c2ccc(-n3cccc3)cc2)c2cc(Br)ccc21. The number of halogens is 1. The molecular weight excluding hydrogens is 432 g/mol. The Hall–Kier alpha value is -2.96. The van der Waals surface area contributed by atoms with Crippen LogP contribution in [0.25, 0.3) is 5.69 Å². The van der Waals surface area contributed by atoms with Crippen LogP contribution in [0.3, 0.4) is 0 Å². The van der Waals surface area contributed by atoms with Crippen molar-refractivity contribution < 1.29 is 14.7 Å². The van der Waals surface area contributed by atoms with E-state index in [1.165, 1.54) is 4.90 Å². The number of Topliss-reactive ketones (excluding diaryl/α,β-unsaturated/α-hetero) is 1. The standard InChI is InChI=1S/C23H19BrN2O3/c1-2-11-26-20-10-7-17(24)14-19(20)23(29,22(26)28)15-21(27)16-5-8-18(9-6-16)25-12-3-4-13-25/h2-10,12-14,29H,1,11,15H2. The zero-order valence-corrected chi connectivity index (χ0v) is 17.2. The normalized spacial score (nSPS) is 18.0. The monoisotopic (exact) mass is 450 g/mol. The molecule has 0 saturated carbocycles. The van der Waals surface area contributed by atoms with Crippen molar-refractivity contribution >= 4 is 33.3 Å². The lowest BCUT2D eigenvalue weighted by Crippen LogP contribution is -2.41. The Morgan fingerprint density at radius 3 is 2.48 bits per heavy atom. The zero-order chi connectivity index (χ0) is 20.6. The molecule has 0 spiro atoms. The molecule has 4 rings (SSSR count). The molecule has 1 atom stereocenters. The minimum atomic E-state index is -1.90. The lowest BCUT2D eigenvalue weighted by molar-refractivity contribution is -0.135. The maximum Gasteiger partial charge on any atom is 0.264 e. The summed E-state index contributed by atoms with van der Waals surface area (Å²) in [4.78, 5) is 27.4. The van der Waals surface area contributed by atoms with E-state index in [9.17, 15) is 14.7 Å². The third kappa shape index (κ3) is 3.34. The minimum absolute atomic E-state index is 0.259. The summed E-state index contributed by atoms with van der Waals surface area (Å²) in [7, 11) is 0. The Labute approximate surface area is 177 Å². The van der Waals surface area contributed by atoms with Gasteiger partial charge in [-0.05, 0) is 54.6 Å². The van der Waals surface area contributed by atoms with Gasteiger partial charge in [0, 0.05) is 40.2 Å². The lowest BCUT2D eigenvalue weighted by atomic mass is 9.88. The number of anilines is 1. The van der Waals surface area contributed by atoms with Gasteiger partial charge in [0.15, 0.2) is 11.4 Å². The van der Waals surface area contributed by atoms with Crippen LogP contribution < -0.4 is 4.90 Å². The van der Waals surface area contributed by atoms with Gasteiger partial charge in [-0.1, -0.05) is 22.0 Å². The molecule has 2 aromatic carbocycles. The van der Waals surface area contributed by atoms with Gasteiger partial charge in [0.25, 0.3) is 5.91 Å². The highest BCUT2D eigenvalue weighted by atomic mass is 79.9. The summed E-state index contributed by atoms with van der Waals surface area (Å²) >= 11 is 3.39. The number of nitrogens with zero attached hydrogens (tertiary/aromatic N) is 2. The molecule has 6 heteroatoms. The first-order valence-electron chi connectivity index (χ1n) is 9.16. The second kappa shape index (κ2) is 7.46. The van der Waals surface area contributed by atoms with Crippen LogP contribution in [-0.4, -0.2) is 27.9 Å². The first-order valence-corrected chi connectivity index (χ1v) is 9.95. The number of aromatic nitrogens is 1. The number of hydrogen-bond acceptors (Lipinski definition) is 3. The Morgan fingerprint density at radius 2 is 1.83 bits per heavy atom. The molecule has 0 bridgehead atoms. The van der Waals surface area contributed by atoms with Crippen molar-refractivity contribution in [3.63, 3.8) is 0 Å². The molecule has 0 aliphatic carbocycles. The average molecular weight is 451 g/mol. The third-order valence-electron chi connectivity index (χ3n) is 5.11. The summed E-state index contributed by atoms with van der Waals surface area (Å²) in [6.07, 6.45) is 5.10. The molecule has 146 valence electrons. The van der Waals surface area contributed by atoms with Crippen molar-refractivity contribution in [2.24, 2.45) is 0 Å². The molecule has 2 heterocycles. The van der Waals surface area contributed by atoms with Crippen LogP contribution in [0.5, 0.6) is 0 Å². The third-order valence-corrected chi connectivity index (χ3v) is 5.61. The number of hydrogen-bond donors (Lipinski definition) is 1. The maximum absolute atomic E-state index is 13.0. The minimum Gasteiger partial charge on any atom is -0.375 e. The summed E-state index contributed by atoms with van der Waals surface area (Å²) < 4.78 is 2.66. The first-order chi connectivity index (χ1) is 13.9. The number of rotatable bonds is 6. The molecule has 1 aromatic heterocycles. The van der Waals surface area contributed by atoms with E-state index in [0.29, 0.717) is 16.8 Å². The Balaban J connectivity index is 1.64. The number of ketones is 1. The van der Waals surface area contributed by atoms with Gasteiger partial charge in [-0.15, -0.1) is 6.58 Å². The first kappa shape index (κ1) is 19.4. The largest absolute Gasteiger partial charge is 0.375 e. The van der Waals surface area contributed by atoms with Crippen LogP contribution >= 0.6 is 15.9 Å². The van der Waals surface area contributed by atoms with Gasteiger partial charge in [0.05, 0.1) is 12.1 Å². The van der Waals surface area contributed by atoms with Gasteiger partial charge in [0.1, 0.15) is 0 Å². The van der Waals surface area contributed by atoms with E-state index in [2.05, 4.69) is 22.5 Å². The van der Waals surface area contributed by atoms with E-state index < -0.39 is 11.5 Å². The molecule has 3 aromatic rings. The Kier molecular flexibility index (Phi) is 4.98. The van der Waals surface area contributed by atoms with Crippen LogP contribution in [0.4, 0.5) is 5.69 Å². The lowest BCUT2D eigenvalue weighted by Gasteiger charge is -2.22. The number of carbonyl (C=O) groups is 2. The fraction of sp³-hybridized carbons (Fsp3) is 0.130. The quantitative estimate of drug-likeness (QED) is 0.451. The van der Waals surface area contributed by atoms with E-state index in [-0.39, 0.29) is 18.7 Å². The highest BCUT2D eigenvalue weighted by molar-refractivity contribution is 9.10. The van der Waals surface area contributed by atoms with E-state index in [0.717, 1.165) is 10.2 Å². The van der Waals surface area contributed by atoms with E-state index in [4.69, 9.17) is 0 Å². The maximum atomic E-state index is 13.0. The molecule has 0 saturated heterocycles. The van der Waals surface area contributed by atoms with Crippen molar-refractivity contribution in [3.05, 3.63) is 95.2 Å². The van der Waals surface area contributed by atoms with Crippen LogP contribution in [0, 0.1) is 0 Å². The summed E-state index contributed by atoms with van der Waals surface area (Å²) in [6, 6.07) is 16.2. The number of fused-ring (bicyclic) bond motifs is 1. The highest BCUT2D eigenvalue weighted by Crippen LogP contribution is 2.44. The molecule has 0 fully saturated rings. The Morgan fingerprint density at radius 1 is 1.14 bits per heavy atom. The Bertz CT molecular complexity index is 1090. The summed E-state index contributed by atoms with van der Waals surface area (Å²) in [5, 5.41) is 11.3. The van der Waals surface area contributed by atoms with E-state index in [1.807, 2.05) is 41.2 Å². The predicted molar refractivity (Wildman–Crippen MR) is 115 cm³/mol. The fourth-order valence-corrected chi connectivity index (χ4v) is 4.03. The molecule has 0 radical (unpaired) electrons. The van der Waals surface area contributed by atoms with Crippen molar-refractivity contribution in [1.29, 1.82) is 0 Å². The van der Waals surface area contributed by atoms with Crippen molar-refractivity contribution in [2.75, 3.05) is 11.4 Å². The second-order valence-electron chi connectivity index (χ2n) is 6.96. The van der Waals surface area contributed by atoms with Crippen LogP contribution in [0.2, 0.25) is 0 Å². The molecule has 1 aliphatic heterocycles. The van der Waals surface area contributed by atoms with Crippen molar-refractivity contribution in [3.8, 4) is 5.69 Å². The van der Waals surface area contributed by atoms with Crippen molar-refractivity contribution in [1.82, 2.24) is 4.57 Å². The average Bonchev–Trinajstić information content (AvgIpc) is 3.32. The van der Waals surface area contributed by atoms with Gasteiger partial charge < -0.3 is 14.6 Å². The molecule has 29 heavy (non-hydrogen) atoms. The zero-order valence-electron chi connectivity index (χ0n) is 15.6. The fourth-order valence-electron chi connectivity index (χ4n) is 3.66. The van der Waals surface area contributed by atoms with Crippen LogP contribution in [-0.2, 0) is 10.4 Å².